The number of carbonyl (C=O) groups is 2. The van der Waals surface area contributed by atoms with E-state index in [1.54, 1.807) is 13.8 Å². The molecule has 0 aromatic rings. The van der Waals surface area contributed by atoms with E-state index < -0.39 is 23.0 Å². The van der Waals surface area contributed by atoms with Crippen molar-refractivity contribution in [3.05, 3.63) is 0 Å². The minimum Gasteiger partial charge on any atom is -0.461 e. The van der Waals surface area contributed by atoms with Gasteiger partial charge in [-0.2, -0.15) is 0 Å². The summed E-state index contributed by atoms with van der Waals surface area (Å²) in [5.41, 5.74) is -3.20. The van der Waals surface area contributed by atoms with Crippen LogP contribution < -0.4 is 5.32 Å². The Morgan fingerprint density at radius 3 is 2.31 bits per heavy atom. The maximum atomic E-state index is 12.5. The zero-order chi connectivity index (χ0) is 12.3. The molecule has 0 aromatic carbocycles. The Bertz CT molecular complexity index is 290. The molecule has 0 spiro atoms. The Labute approximate surface area is 98.5 Å². The van der Waals surface area contributed by atoms with Crippen LogP contribution in [0.5, 0.6) is 0 Å². The van der Waals surface area contributed by atoms with Gasteiger partial charge in [-0.1, -0.05) is 11.6 Å². The molecule has 1 unspecified atom stereocenters. The standard InChI is InChI=1S/C10H15ClFNO3/c1-6(2)16-9(15)10(4-3-5-10)13-8(14)7(11)12/h6-7H,3-5H2,1-2H3,(H,13,14). The largest absolute Gasteiger partial charge is 0.461 e. The maximum Gasteiger partial charge on any atom is 0.332 e. The Hall–Kier alpha value is -0.840. The van der Waals surface area contributed by atoms with E-state index in [-0.39, 0.29) is 6.10 Å². The molecule has 92 valence electrons. The molecule has 4 nitrogen and oxygen atoms in total. The quantitative estimate of drug-likeness (QED) is 0.609. The molecule has 1 rings (SSSR count). The van der Waals surface area contributed by atoms with E-state index in [1.807, 2.05) is 0 Å². The summed E-state index contributed by atoms with van der Waals surface area (Å²) in [6, 6.07) is 0. The molecule has 16 heavy (non-hydrogen) atoms. The van der Waals surface area contributed by atoms with E-state index in [0.29, 0.717) is 12.8 Å². The first-order valence-corrected chi connectivity index (χ1v) is 5.62. The van der Waals surface area contributed by atoms with Gasteiger partial charge in [-0.3, -0.25) is 4.79 Å². The van der Waals surface area contributed by atoms with Gasteiger partial charge in [-0.05, 0) is 33.1 Å². The van der Waals surface area contributed by atoms with Gasteiger partial charge in [-0.25, -0.2) is 9.18 Å². The number of hydrogen-bond donors (Lipinski definition) is 1. The summed E-state index contributed by atoms with van der Waals surface area (Å²) in [7, 11) is 0. The second-order valence-electron chi connectivity index (χ2n) is 4.18. The zero-order valence-electron chi connectivity index (χ0n) is 9.26. The first kappa shape index (κ1) is 13.2. The van der Waals surface area contributed by atoms with Gasteiger partial charge in [0, 0.05) is 0 Å². The topological polar surface area (TPSA) is 55.4 Å². The van der Waals surface area contributed by atoms with Crippen LogP contribution in [0, 0.1) is 0 Å². The molecular formula is C10H15ClFNO3. The molecule has 0 aliphatic heterocycles. The lowest BCUT2D eigenvalue weighted by atomic mass is 9.76. The molecule has 1 atom stereocenters. The molecule has 0 radical (unpaired) electrons. The molecule has 0 heterocycles. The van der Waals surface area contributed by atoms with E-state index in [2.05, 4.69) is 5.32 Å². The predicted octanol–water partition coefficient (Wildman–Crippen LogP) is 1.51. The molecule has 1 N–H and O–H groups in total. The molecule has 1 saturated carbocycles. The van der Waals surface area contributed by atoms with Crippen LogP contribution in [-0.2, 0) is 14.3 Å². The molecule has 6 heteroatoms. The number of hydrogen-bond acceptors (Lipinski definition) is 3. The van der Waals surface area contributed by atoms with E-state index in [9.17, 15) is 14.0 Å². The minimum absolute atomic E-state index is 0.265. The Morgan fingerprint density at radius 2 is 2.00 bits per heavy atom. The SMILES string of the molecule is CC(C)OC(=O)C1(NC(=O)C(F)Cl)CCC1. The van der Waals surface area contributed by atoms with Crippen molar-refractivity contribution in [1.29, 1.82) is 0 Å². The fraction of sp³-hybridized carbons (Fsp3) is 0.800. The molecule has 0 bridgehead atoms. The van der Waals surface area contributed by atoms with Crippen LogP contribution in [0.2, 0.25) is 0 Å². The van der Waals surface area contributed by atoms with Crippen LogP contribution in [0.25, 0.3) is 0 Å². The third kappa shape index (κ3) is 2.84. The fourth-order valence-electron chi connectivity index (χ4n) is 1.53. The number of ether oxygens (including phenoxy) is 1. The van der Waals surface area contributed by atoms with Crippen molar-refractivity contribution in [2.45, 2.75) is 50.4 Å². The van der Waals surface area contributed by atoms with Crippen molar-refractivity contribution in [2.24, 2.45) is 0 Å². The Balaban J connectivity index is 2.63. The van der Waals surface area contributed by atoms with Crippen LogP contribution in [0.15, 0.2) is 0 Å². The van der Waals surface area contributed by atoms with Crippen molar-refractivity contribution >= 4 is 23.5 Å². The Kier molecular flexibility index (Phi) is 4.13. The van der Waals surface area contributed by atoms with Gasteiger partial charge in [0.15, 0.2) is 0 Å². The summed E-state index contributed by atoms with van der Waals surface area (Å²) in [6.07, 6.45) is 1.47. The third-order valence-electron chi connectivity index (χ3n) is 2.50. The maximum absolute atomic E-state index is 12.5. The first-order chi connectivity index (χ1) is 7.37. The monoisotopic (exact) mass is 251 g/mol. The van der Waals surface area contributed by atoms with Gasteiger partial charge >= 0.3 is 5.97 Å². The second kappa shape index (κ2) is 4.99. The van der Waals surface area contributed by atoms with Crippen LogP contribution >= 0.6 is 11.6 Å². The fourth-order valence-corrected chi connectivity index (χ4v) is 1.58. The molecule has 1 aliphatic carbocycles. The summed E-state index contributed by atoms with van der Waals surface area (Å²) in [5.74, 6) is -1.50. The number of rotatable bonds is 4. The van der Waals surface area contributed by atoms with Crippen molar-refractivity contribution in [2.75, 3.05) is 0 Å². The molecule has 0 aromatic heterocycles. The highest BCUT2D eigenvalue weighted by Gasteiger charge is 2.47. The number of esters is 1. The normalized spacial score (nSPS) is 19.8. The highest BCUT2D eigenvalue weighted by Crippen LogP contribution is 2.33. The molecule has 1 aliphatic rings. The number of nitrogens with one attached hydrogen (secondary N) is 1. The highest BCUT2D eigenvalue weighted by atomic mass is 35.5. The summed E-state index contributed by atoms with van der Waals surface area (Å²) in [6.45, 7) is 3.43. The van der Waals surface area contributed by atoms with Gasteiger partial charge in [0.05, 0.1) is 6.10 Å². The lowest BCUT2D eigenvalue weighted by Gasteiger charge is -2.40. The molecule has 1 fully saturated rings. The van der Waals surface area contributed by atoms with E-state index in [1.165, 1.54) is 0 Å². The lowest BCUT2D eigenvalue weighted by molar-refractivity contribution is -0.162. The van der Waals surface area contributed by atoms with Crippen molar-refractivity contribution in [1.82, 2.24) is 5.32 Å². The summed E-state index contributed by atoms with van der Waals surface area (Å²) in [4.78, 5) is 22.8. The lowest BCUT2D eigenvalue weighted by Crippen LogP contribution is -2.61. The predicted molar refractivity (Wildman–Crippen MR) is 56.7 cm³/mol. The molecule has 1 amide bonds. The number of alkyl halides is 2. The summed E-state index contributed by atoms with van der Waals surface area (Å²) in [5, 5.41) is 2.31. The minimum atomic E-state index is -2.13. The summed E-state index contributed by atoms with van der Waals surface area (Å²) >= 11 is 4.99. The molecule has 0 saturated heterocycles. The van der Waals surface area contributed by atoms with Crippen molar-refractivity contribution in [3.63, 3.8) is 0 Å². The van der Waals surface area contributed by atoms with Crippen LogP contribution in [0.3, 0.4) is 0 Å². The van der Waals surface area contributed by atoms with Crippen LogP contribution in [-0.4, -0.2) is 29.2 Å². The van der Waals surface area contributed by atoms with Gasteiger partial charge < -0.3 is 10.1 Å². The van der Waals surface area contributed by atoms with E-state index in [0.717, 1.165) is 6.42 Å². The molecular weight excluding hydrogens is 237 g/mol. The number of halogens is 2. The van der Waals surface area contributed by atoms with Gasteiger partial charge in [0.1, 0.15) is 5.54 Å². The van der Waals surface area contributed by atoms with E-state index >= 15 is 0 Å². The van der Waals surface area contributed by atoms with Gasteiger partial charge in [-0.15, -0.1) is 0 Å². The van der Waals surface area contributed by atoms with Crippen LogP contribution in [0.1, 0.15) is 33.1 Å². The third-order valence-corrected chi connectivity index (χ3v) is 2.70. The Morgan fingerprint density at radius 1 is 1.44 bits per heavy atom. The average Bonchev–Trinajstić information content (AvgIpc) is 2.08. The first-order valence-electron chi connectivity index (χ1n) is 5.18. The number of amides is 1. The summed E-state index contributed by atoms with van der Waals surface area (Å²) < 4.78 is 17.5. The van der Waals surface area contributed by atoms with Crippen molar-refractivity contribution in [3.8, 4) is 0 Å². The number of carbonyl (C=O) groups excluding carboxylic acids is 2. The van der Waals surface area contributed by atoms with Gasteiger partial charge in [0.25, 0.3) is 11.5 Å². The smallest absolute Gasteiger partial charge is 0.332 e. The van der Waals surface area contributed by atoms with Gasteiger partial charge in [0.2, 0.25) is 0 Å². The van der Waals surface area contributed by atoms with Crippen LogP contribution in [0.4, 0.5) is 4.39 Å². The second-order valence-corrected chi connectivity index (χ2v) is 4.56. The van der Waals surface area contributed by atoms with Crippen molar-refractivity contribution < 1.29 is 18.7 Å². The average molecular weight is 252 g/mol. The van der Waals surface area contributed by atoms with E-state index in [4.69, 9.17) is 16.3 Å². The zero-order valence-corrected chi connectivity index (χ0v) is 10.0. The highest BCUT2D eigenvalue weighted by molar-refractivity contribution is 6.29.